The third-order valence-corrected chi connectivity index (χ3v) is 5.18. The maximum Gasteiger partial charge on any atom is 0.411 e. The Hall–Kier alpha value is -2.08. The first-order valence-corrected chi connectivity index (χ1v) is 12.1. The van der Waals surface area contributed by atoms with Crippen molar-refractivity contribution in [1.29, 1.82) is 0 Å². The zero-order chi connectivity index (χ0) is 19.0. The van der Waals surface area contributed by atoms with Gasteiger partial charge in [-0.15, -0.1) is 0 Å². The standard InChI is InChI=1S/C19H29NO4Si/c1-15(14-25(4,5)6)12-20(16(2)18(21)23-3)19(22)24-13-17-10-8-7-9-11-17/h7-11,16H,1,12-14H2,2-6H3. The van der Waals surface area contributed by atoms with Crippen LogP contribution in [0.5, 0.6) is 0 Å². The van der Waals surface area contributed by atoms with Gasteiger partial charge in [-0.05, 0) is 18.5 Å². The second kappa shape index (κ2) is 9.41. The summed E-state index contributed by atoms with van der Waals surface area (Å²) in [6.07, 6.45) is -0.543. The smallest absolute Gasteiger partial charge is 0.411 e. The number of hydrogen-bond acceptors (Lipinski definition) is 4. The number of rotatable bonds is 8. The Bertz CT molecular complexity index is 595. The number of ether oxygens (including phenoxy) is 2. The normalized spacial score (nSPS) is 12.2. The van der Waals surface area contributed by atoms with E-state index in [1.165, 1.54) is 12.0 Å². The Morgan fingerprint density at radius 2 is 1.80 bits per heavy atom. The van der Waals surface area contributed by atoms with Crippen molar-refractivity contribution in [3.05, 3.63) is 48.0 Å². The minimum atomic E-state index is -1.36. The summed E-state index contributed by atoms with van der Waals surface area (Å²) in [5.41, 5.74) is 1.81. The molecule has 1 atom stereocenters. The molecule has 1 aromatic rings. The van der Waals surface area contributed by atoms with Crippen molar-refractivity contribution in [2.75, 3.05) is 13.7 Å². The minimum Gasteiger partial charge on any atom is -0.467 e. The molecule has 0 N–H and O–H groups in total. The van der Waals surface area contributed by atoms with Crippen molar-refractivity contribution >= 4 is 20.1 Å². The molecule has 6 heteroatoms. The fraction of sp³-hybridized carbons (Fsp3) is 0.474. The van der Waals surface area contributed by atoms with Gasteiger partial charge in [-0.2, -0.15) is 0 Å². The number of carbonyl (C=O) groups is 2. The summed E-state index contributed by atoms with van der Waals surface area (Å²) in [6, 6.07) is 9.57. The SMILES string of the molecule is C=C(CN(C(=O)OCc1ccccc1)C(C)C(=O)OC)C[Si](C)(C)C. The van der Waals surface area contributed by atoms with Crippen LogP contribution < -0.4 is 0 Å². The van der Waals surface area contributed by atoms with Crippen molar-refractivity contribution < 1.29 is 19.1 Å². The maximum absolute atomic E-state index is 12.5. The van der Waals surface area contributed by atoms with Gasteiger partial charge >= 0.3 is 12.1 Å². The summed E-state index contributed by atoms with van der Waals surface area (Å²) in [6.45, 7) is 12.9. The van der Waals surface area contributed by atoms with Crippen LogP contribution in [0.25, 0.3) is 0 Å². The van der Waals surface area contributed by atoms with Crippen molar-refractivity contribution in [3.63, 3.8) is 0 Å². The number of amides is 1. The summed E-state index contributed by atoms with van der Waals surface area (Å²) < 4.78 is 10.2. The van der Waals surface area contributed by atoms with Crippen LogP contribution in [0.15, 0.2) is 42.5 Å². The monoisotopic (exact) mass is 363 g/mol. The molecule has 1 aromatic carbocycles. The number of hydrogen-bond donors (Lipinski definition) is 0. The van der Waals surface area contributed by atoms with Gasteiger partial charge in [-0.3, -0.25) is 4.90 Å². The molecule has 0 saturated heterocycles. The van der Waals surface area contributed by atoms with Gasteiger partial charge in [0.1, 0.15) is 12.6 Å². The predicted molar refractivity (Wildman–Crippen MR) is 102 cm³/mol. The highest BCUT2D eigenvalue weighted by molar-refractivity contribution is 6.76. The van der Waals surface area contributed by atoms with Crippen LogP contribution in [-0.4, -0.2) is 44.7 Å². The Balaban J connectivity index is 2.80. The molecule has 5 nitrogen and oxygen atoms in total. The van der Waals surface area contributed by atoms with Crippen molar-refractivity contribution in [1.82, 2.24) is 4.90 Å². The van der Waals surface area contributed by atoms with Gasteiger partial charge in [-0.1, -0.05) is 62.1 Å². The topological polar surface area (TPSA) is 55.8 Å². The number of benzene rings is 1. The van der Waals surface area contributed by atoms with Crippen molar-refractivity contribution in [3.8, 4) is 0 Å². The van der Waals surface area contributed by atoms with Crippen molar-refractivity contribution in [2.45, 2.75) is 45.3 Å². The number of nitrogens with zero attached hydrogens (tertiary/aromatic N) is 1. The number of carbonyl (C=O) groups excluding carboxylic acids is 2. The van der Waals surface area contributed by atoms with Crippen LogP contribution in [0.3, 0.4) is 0 Å². The molecule has 0 heterocycles. The zero-order valence-corrected chi connectivity index (χ0v) is 16.9. The van der Waals surface area contributed by atoms with Crippen LogP contribution in [0.4, 0.5) is 4.79 Å². The van der Waals surface area contributed by atoms with Crippen LogP contribution >= 0.6 is 0 Å². The largest absolute Gasteiger partial charge is 0.467 e. The third kappa shape index (κ3) is 7.56. The van der Waals surface area contributed by atoms with E-state index < -0.39 is 26.2 Å². The van der Waals surface area contributed by atoms with Crippen LogP contribution in [0, 0.1) is 0 Å². The molecule has 138 valence electrons. The van der Waals surface area contributed by atoms with Gasteiger partial charge in [0.2, 0.25) is 0 Å². The molecular formula is C19H29NO4Si. The molecule has 1 amide bonds. The van der Waals surface area contributed by atoms with Gasteiger partial charge in [0.05, 0.1) is 7.11 Å². The Morgan fingerprint density at radius 1 is 1.20 bits per heavy atom. The summed E-state index contributed by atoms with van der Waals surface area (Å²) in [5, 5.41) is 0. The molecule has 0 bridgehead atoms. The first-order valence-electron chi connectivity index (χ1n) is 8.36. The summed E-state index contributed by atoms with van der Waals surface area (Å²) in [5.74, 6) is -0.475. The fourth-order valence-electron chi connectivity index (χ4n) is 2.51. The van der Waals surface area contributed by atoms with Crippen LogP contribution in [0.2, 0.25) is 25.7 Å². The second-order valence-corrected chi connectivity index (χ2v) is 12.8. The fourth-order valence-corrected chi connectivity index (χ4v) is 4.12. The molecule has 0 aromatic heterocycles. The van der Waals surface area contributed by atoms with E-state index in [-0.39, 0.29) is 13.2 Å². The first kappa shape index (κ1) is 21.0. The van der Waals surface area contributed by atoms with E-state index in [1.54, 1.807) is 6.92 Å². The molecule has 0 aliphatic carbocycles. The van der Waals surface area contributed by atoms with E-state index in [0.29, 0.717) is 0 Å². The van der Waals surface area contributed by atoms with E-state index in [9.17, 15) is 9.59 Å². The van der Waals surface area contributed by atoms with Gasteiger partial charge < -0.3 is 9.47 Å². The zero-order valence-electron chi connectivity index (χ0n) is 15.9. The molecule has 25 heavy (non-hydrogen) atoms. The lowest BCUT2D eigenvalue weighted by Crippen LogP contribution is -2.45. The lowest BCUT2D eigenvalue weighted by molar-refractivity contribution is -0.145. The summed E-state index contributed by atoms with van der Waals surface area (Å²) in [7, 11) is -0.0491. The molecular weight excluding hydrogens is 334 g/mol. The predicted octanol–water partition coefficient (Wildman–Crippen LogP) is 4.08. The molecule has 0 aliphatic rings. The van der Waals surface area contributed by atoms with E-state index in [1.807, 2.05) is 30.3 Å². The van der Waals surface area contributed by atoms with Crippen molar-refractivity contribution in [2.24, 2.45) is 0 Å². The maximum atomic E-state index is 12.5. The van der Waals surface area contributed by atoms with E-state index in [2.05, 4.69) is 26.2 Å². The summed E-state index contributed by atoms with van der Waals surface area (Å²) in [4.78, 5) is 25.8. The second-order valence-electron chi connectivity index (χ2n) is 7.35. The Morgan fingerprint density at radius 3 is 2.32 bits per heavy atom. The highest BCUT2D eigenvalue weighted by Gasteiger charge is 2.29. The molecule has 0 saturated carbocycles. The average Bonchev–Trinajstić information content (AvgIpc) is 2.55. The molecule has 0 aliphatic heterocycles. The molecule has 1 rings (SSSR count). The molecule has 1 unspecified atom stereocenters. The van der Waals surface area contributed by atoms with Gasteiger partial charge in [0.15, 0.2) is 0 Å². The van der Waals surface area contributed by atoms with Gasteiger partial charge in [0.25, 0.3) is 0 Å². The average molecular weight is 364 g/mol. The number of methoxy groups -OCH3 is 1. The quantitative estimate of drug-likeness (QED) is 0.397. The Kier molecular flexibility index (Phi) is 7.89. The van der Waals surface area contributed by atoms with Gasteiger partial charge in [-0.25, -0.2) is 9.59 Å². The lowest BCUT2D eigenvalue weighted by Gasteiger charge is -2.29. The van der Waals surface area contributed by atoms with Crippen LogP contribution in [0.1, 0.15) is 12.5 Å². The third-order valence-electron chi connectivity index (χ3n) is 3.62. The lowest BCUT2D eigenvalue weighted by atomic mass is 10.2. The minimum absolute atomic E-state index is 0.157. The van der Waals surface area contributed by atoms with Crippen LogP contribution in [-0.2, 0) is 20.9 Å². The van der Waals surface area contributed by atoms with E-state index >= 15 is 0 Å². The number of esters is 1. The first-order chi connectivity index (χ1) is 11.6. The highest BCUT2D eigenvalue weighted by atomic mass is 28.3. The Labute approximate surface area is 151 Å². The molecule has 0 radical (unpaired) electrons. The van der Waals surface area contributed by atoms with Gasteiger partial charge in [0, 0.05) is 14.6 Å². The highest BCUT2D eigenvalue weighted by Crippen LogP contribution is 2.18. The molecule has 0 spiro atoms. The van der Waals surface area contributed by atoms with E-state index in [4.69, 9.17) is 9.47 Å². The summed E-state index contributed by atoms with van der Waals surface area (Å²) >= 11 is 0. The van der Waals surface area contributed by atoms with E-state index in [0.717, 1.165) is 17.2 Å². The molecule has 0 fully saturated rings.